The Morgan fingerprint density at radius 1 is 1.14 bits per heavy atom. The second kappa shape index (κ2) is 10.2. The monoisotopic (exact) mass is 382 g/mol. The lowest BCUT2D eigenvalue weighted by Gasteiger charge is -2.22. The van der Waals surface area contributed by atoms with E-state index in [2.05, 4.69) is 18.8 Å². The summed E-state index contributed by atoms with van der Waals surface area (Å²) in [5.41, 5.74) is 3.37. The lowest BCUT2D eigenvalue weighted by atomic mass is 9.86. The number of aromatic nitrogens is 2. The van der Waals surface area contributed by atoms with Gasteiger partial charge in [0.15, 0.2) is 5.82 Å². The Morgan fingerprint density at radius 2 is 1.96 bits per heavy atom. The molecule has 0 radical (unpaired) electrons. The summed E-state index contributed by atoms with van der Waals surface area (Å²) < 4.78 is 10.3. The molecule has 1 aliphatic carbocycles. The van der Waals surface area contributed by atoms with Crippen molar-refractivity contribution in [3.63, 3.8) is 0 Å². The maximum absolute atomic E-state index is 11.7. The molecule has 0 fully saturated rings. The number of ether oxygens (including phenoxy) is 2. The number of unbranched alkanes of at least 4 members (excludes halogenated alkanes) is 3. The van der Waals surface area contributed by atoms with E-state index in [9.17, 15) is 4.79 Å². The topological polar surface area (TPSA) is 61.3 Å². The molecular weight excluding hydrogens is 352 g/mol. The zero-order valence-corrected chi connectivity index (χ0v) is 16.9. The molecule has 2 aromatic rings. The normalized spacial score (nSPS) is 15.7. The maximum Gasteiger partial charge on any atom is 0.513 e. The first-order valence-electron chi connectivity index (χ1n) is 10.5. The zero-order valence-electron chi connectivity index (χ0n) is 16.9. The second-order valence-electron chi connectivity index (χ2n) is 7.47. The number of rotatable bonds is 8. The zero-order chi connectivity index (χ0) is 19.8. The molecule has 0 N–H and O–H groups in total. The summed E-state index contributed by atoms with van der Waals surface area (Å²) in [7, 11) is 0. The molecule has 1 heterocycles. The molecule has 0 saturated carbocycles. The lowest BCUT2D eigenvalue weighted by Crippen LogP contribution is -2.15. The van der Waals surface area contributed by atoms with Gasteiger partial charge in [-0.05, 0) is 61.4 Å². The van der Waals surface area contributed by atoms with E-state index in [0.717, 1.165) is 55.8 Å². The Labute approximate surface area is 167 Å². The minimum atomic E-state index is -0.653. The third kappa shape index (κ3) is 5.54. The third-order valence-electron chi connectivity index (χ3n) is 5.36. The Morgan fingerprint density at radius 3 is 2.71 bits per heavy atom. The van der Waals surface area contributed by atoms with Gasteiger partial charge in [0.05, 0.1) is 6.61 Å². The van der Waals surface area contributed by atoms with Gasteiger partial charge in [0.1, 0.15) is 5.75 Å². The number of carbonyl (C=O) groups excluding carboxylic acids is 1. The van der Waals surface area contributed by atoms with E-state index < -0.39 is 6.16 Å². The van der Waals surface area contributed by atoms with Crippen LogP contribution < -0.4 is 4.74 Å². The fourth-order valence-corrected chi connectivity index (χ4v) is 3.55. The molecule has 28 heavy (non-hydrogen) atoms. The van der Waals surface area contributed by atoms with Gasteiger partial charge in [-0.25, -0.2) is 14.8 Å². The number of carbonyl (C=O) groups is 1. The van der Waals surface area contributed by atoms with Crippen molar-refractivity contribution in [1.29, 1.82) is 0 Å². The number of benzene rings is 1. The molecule has 0 amide bonds. The van der Waals surface area contributed by atoms with Crippen LogP contribution in [0.1, 0.15) is 63.6 Å². The molecule has 5 nitrogen and oxygen atoms in total. The van der Waals surface area contributed by atoms with Gasteiger partial charge >= 0.3 is 6.16 Å². The van der Waals surface area contributed by atoms with Gasteiger partial charge in [0, 0.05) is 17.5 Å². The third-order valence-corrected chi connectivity index (χ3v) is 5.36. The van der Waals surface area contributed by atoms with Gasteiger partial charge in [-0.15, -0.1) is 0 Å². The van der Waals surface area contributed by atoms with E-state index in [1.807, 2.05) is 18.3 Å². The summed E-state index contributed by atoms with van der Waals surface area (Å²) in [5, 5.41) is 0. The predicted octanol–water partition coefficient (Wildman–Crippen LogP) is 5.75. The Balaban J connectivity index is 1.55. The van der Waals surface area contributed by atoms with Crippen LogP contribution in [-0.2, 0) is 17.6 Å². The van der Waals surface area contributed by atoms with E-state index in [1.165, 1.54) is 24.1 Å². The molecule has 0 aliphatic heterocycles. The molecule has 5 heteroatoms. The first-order chi connectivity index (χ1) is 13.7. The highest BCUT2D eigenvalue weighted by Crippen LogP contribution is 2.28. The van der Waals surface area contributed by atoms with E-state index >= 15 is 0 Å². The van der Waals surface area contributed by atoms with Gasteiger partial charge in [0.2, 0.25) is 0 Å². The maximum atomic E-state index is 11.7. The number of hydrogen-bond donors (Lipinski definition) is 0. The Bertz CT molecular complexity index is 774. The summed E-state index contributed by atoms with van der Waals surface area (Å²) >= 11 is 0. The molecule has 0 bridgehead atoms. The SMILES string of the molecule is CCCCCCOC(=O)Oc1ccc(-c2ncc3c(n2)CCC(CC)C3)cc1. The highest BCUT2D eigenvalue weighted by Gasteiger charge is 2.19. The molecule has 150 valence electrons. The first-order valence-corrected chi connectivity index (χ1v) is 10.5. The highest BCUT2D eigenvalue weighted by atomic mass is 16.7. The van der Waals surface area contributed by atoms with Crippen molar-refractivity contribution in [3.05, 3.63) is 41.7 Å². The van der Waals surface area contributed by atoms with Crippen LogP contribution in [0.4, 0.5) is 4.79 Å². The van der Waals surface area contributed by atoms with Crippen molar-refractivity contribution >= 4 is 6.16 Å². The molecule has 0 spiro atoms. The quantitative estimate of drug-likeness (QED) is 0.330. The van der Waals surface area contributed by atoms with Crippen LogP contribution in [0, 0.1) is 5.92 Å². The van der Waals surface area contributed by atoms with Crippen molar-refractivity contribution < 1.29 is 14.3 Å². The molecule has 1 aromatic carbocycles. The largest absolute Gasteiger partial charge is 0.513 e. The number of fused-ring (bicyclic) bond motifs is 1. The average molecular weight is 383 g/mol. The van der Waals surface area contributed by atoms with Gasteiger partial charge in [-0.2, -0.15) is 0 Å². The summed E-state index contributed by atoms with van der Waals surface area (Å²) in [6, 6.07) is 7.26. The van der Waals surface area contributed by atoms with Gasteiger partial charge < -0.3 is 9.47 Å². The lowest BCUT2D eigenvalue weighted by molar-refractivity contribution is 0.0973. The van der Waals surface area contributed by atoms with Crippen LogP contribution in [0.3, 0.4) is 0 Å². The van der Waals surface area contributed by atoms with Crippen molar-refractivity contribution in [2.24, 2.45) is 5.92 Å². The van der Waals surface area contributed by atoms with Crippen molar-refractivity contribution in [2.75, 3.05) is 6.61 Å². The van der Waals surface area contributed by atoms with Crippen molar-refractivity contribution in [2.45, 2.75) is 65.2 Å². The molecule has 1 aromatic heterocycles. The summed E-state index contributed by atoms with van der Waals surface area (Å²) in [6.07, 6.45) is 10.1. The molecule has 1 atom stereocenters. The Hall–Kier alpha value is -2.43. The van der Waals surface area contributed by atoms with Crippen LogP contribution >= 0.6 is 0 Å². The summed E-state index contributed by atoms with van der Waals surface area (Å²) in [4.78, 5) is 21.0. The Kier molecular flexibility index (Phi) is 7.40. The minimum Gasteiger partial charge on any atom is -0.434 e. The van der Waals surface area contributed by atoms with E-state index in [0.29, 0.717) is 12.4 Å². The van der Waals surface area contributed by atoms with Crippen LogP contribution in [0.25, 0.3) is 11.4 Å². The number of hydrogen-bond acceptors (Lipinski definition) is 5. The van der Waals surface area contributed by atoms with Crippen LogP contribution in [0.5, 0.6) is 5.75 Å². The molecule has 1 unspecified atom stereocenters. The first kappa shape index (κ1) is 20.3. The highest BCUT2D eigenvalue weighted by molar-refractivity contribution is 5.65. The van der Waals surface area contributed by atoms with Crippen molar-refractivity contribution in [1.82, 2.24) is 9.97 Å². The van der Waals surface area contributed by atoms with Gasteiger partial charge in [-0.3, -0.25) is 0 Å². The number of nitrogens with zero attached hydrogens (tertiary/aromatic N) is 2. The van der Waals surface area contributed by atoms with E-state index in [4.69, 9.17) is 14.5 Å². The second-order valence-corrected chi connectivity index (χ2v) is 7.47. The average Bonchev–Trinajstić information content (AvgIpc) is 2.73. The number of aryl methyl sites for hydroxylation is 1. The van der Waals surface area contributed by atoms with E-state index in [1.54, 1.807) is 12.1 Å². The molecule has 0 saturated heterocycles. The predicted molar refractivity (Wildman–Crippen MR) is 109 cm³/mol. The van der Waals surface area contributed by atoms with Crippen molar-refractivity contribution in [3.8, 4) is 17.1 Å². The summed E-state index contributed by atoms with van der Waals surface area (Å²) in [5.74, 6) is 1.94. The minimum absolute atomic E-state index is 0.402. The fraction of sp³-hybridized carbons (Fsp3) is 0.522. The molecular formula is C23H30N2O3. The summed E-state index contributed by atoms with van der Waals surface area (Å²) in [6.45, 7) is 4.80. The molecule has 3 rings (SSSR count). The smallest absolute Gasteiger partial charge is 0.434 e. The van der Waals surface area contributed by atoms with Crippen LogP contribution in [-0.4, -0.2) is 22.7 Å². The van der Waals surface area contributed by atoms with E-state index in [-0.39, 0.29) is 0 Å². The standard InChI is InChI=1S/C23H30N2O3/c1-3-5-6-7-14-27-23(26)28-20-11-9-18(10-12-20)22-24-16-19-15-17(4-2)8-13-21(19)25-22/h9-12,16-17H,3-8,13-15H2,1-2H3. The molecule has 1 aliphatic rings. The van der Waals surface area contributed by atoms with Gasteiger partial charge in [0.25, 0.3) is 0 Å². The van der Waals surface area contributed by atoms with Crippen LogP contribution in [0.15, 0.2) is 30.5 Å². The van der Waals surface area contributed by atoms with Gasteiger partial charge in [-0.1, -0.05) is 39.5 Å². The van der Waals surface area contributed by atoms with Crippen LogP contribution in [0.2, 0.25) is 0 Å². The fourth-order valence-electron chi connectivity index (χ4n) is 3.55.